The van der Waals surface area contributed by atoms with E-state index >= 15 is 0 Å². The number of rotatable bonds is 9. The number of nitrogens with zero attached hydrogens (tertiary/aromatic N) is 1. The molecule has 1 aliphatic heterocycles. The van der Waals surface area contributed by atoms with Crippen LogP contribution in [0.5, 0.6) is 5.75 Å². The lowest BCUT2D eigenvalue weighted by atomic mass is 9.90. The molecule has 0 radical (unpaired) electrons. The number of benzene rings is 3. The first kappa shape index (κ1) is 25.7. The monoisotopic (exact) mass is 542 g/mol. The molecule has 1 saturated heterocycles. The highest BCUT2D eigenvalue weighted by Gasteiger charge is 2.35. The fraction of sp³-hybridized carbons (Fsp3) is 0.321. The van der Waals surface area contributed by atoms with Crippen LogP contribution in [0.1, 0.15) is 51.8 Å². The first-order valence-corrected chi connectivity index (χ1v) is 14.5. The van der Waals surface area contributed by atoms with Gasteiger partial charge < -0.3 is 4.74 Å². The maximum atomic E-state index is 14.8. The van der Waals surface area contributed by atoms with E-state index in [9.17, 15) is 17.6 Å². The van der Waals surface area contributed by atoms with E-state index < -0.39 is 21.7 Å². The molecule has 1 unspecified atom stereocenters. The third-order valence-electron chi connectivity index (χ3n) is 6.77. The summed E-state index contributed by atoms with van der Waals surface area (Å²) in [5, 5.41) is 0.698. The lowest BCUT2D eigenvalue weighted by Gasteiger charge is -2.44. The molecule has 1 heterocycles. The molecule has 9 heteroatoms. The summed E-state index contributed by atoms with van der Waals surface area (Å²) >= 11 is 6.11. The Morgan fingerprint density at radius 1 is 1.08 bits per heavy atom. The molecule has 0 aromatic heterocycles. The molecular formula is C28H28ClFN2O4S. The van der Waals surface area contributed by atoms with Gasteiger partial charge in [-0.15, -0.1) is 0 Å². The van der Waals surface area contributed by atoms with Gasteiger partial charge in [-0.25, -0.2) is 17.5 Å². The number of hydrogen-bond acceptors (Lipinski definition) is 5. The van der Waals surface area contributed by atoms with E-state index in [1.54, 1.807) is 0 Å². The molecule has 0 bridgehead atoms. The van der Waals surface area contributed by atoms with Crippen LogP contribution in [-0.4, -0.2) is 45.2 Å². The van der Waals surface area contributed by atoms with Crippen molar-refractivity contribution < 1.29 is 22.3 Å². The van der Waals surface area contributed by atoms with Crippen molar-refractivity contribution in [1.29, 1.82) is 0 Å². The average molecular weight is 543 g/mol. The van der Waals surface area contributed by atoms with Crippen LogP contribution < -0.4 is 9.46 Å². The summed E-state index contributed by atoms with van der Waals surface area (Å²) in [4.78, 5) is 14.7. The van der Waals surface area contributed by atoms with E-state index in [2.05, 4.69) is 29.2 Å². The van der Waals surface area contributed by atoms with Crippen LogP contribution in [-0.2, 0) is 10.0 Å². The van der Waals surface area contributed by atoms with Crippen LogP contribution >= 0.6 is 11.6 Å². The van der Waals surface area contributed by atoms with Crippen molar-refractivity contribution in [2.45, 2.75) is 24.8 Å². The van der Waals surface area contributed by atoms with Gasteiger partial charge >= 0.3 is 0 Å². The van der Waals surface area contributed by atoms with Crippen molar-refractivity contribution in [3.63, 3.8) is 0 Å². The maximum Gasteiger partial charge on any atom is 0.267 e. The minimum Gasteiger partial charge on any atom is -0.493 e. The van der Waals surface area contributed by atoms with Gasteiger partial charge in [-0.3, -0.25) is 9.69 Å². The van der Waals surface area contributed by atoms with E-state index in [1.165, 1.54) is 17.7 Å². The van der Waals surface area contributed by atoms with Crippen molar-refractivity contribution in [1.82, 2.24) is 9.62 Å². The maximum absolute atomic E-state index is 14.8. The van der Waals surface area contributed by atoms with Gasteiger partial charge in [0.15, 0.2) is 0 Å². The Kier molecular flexibility index (Phi) is 7.25. The molecule has 6 nitrogen and oxygen atoms in total. The minimum atomic E-state index is -3.80. The molecule has 3 aromatic carbocycles. The van der Waals surface area contributed by atoms with E-state index in [0.29, 0.717) is 17.4 Å². The van der Waals surface area contributed by atoms with Crippen molar-refractivity contribution in [2.24, 2.45) is 5.92 Å². The molecule has 1 N–H and O–H groups in total. The van der Waals surface area contributed by atoms with Gasteiger partial charge in [0.05, 0.1) is 24.5 Å². The SMILES string of the molecule is CS(=O)(=O)NC(=O)c1cc(C2CC2)c(OCC2CN(C(c3ccccc3)c3ccc(Cl)cc3)C2)cc1F. The lowest BCUT2D eigenvalue weighted by Crippen LogP contribution is -2.51. The predicted octanol–water partition coefficient (Wildman–Crippen LogP) is 5.15. The summed E-state index contributed by atoms with van der Waals surface area (Å²) in [7, 11) is -3.80. The second kappa shape index (κ2) is 10.4. The number of carbonyl (C=O) groups excluding carboxylic acids is 1. The van der Waals surface area contributed by atoms with Gasteiger partial charge in [0, 0.05) is 30.1 Å². The second-order valence-electron chi connectivity index (χ2n) is 9.84. The lowest BCUT2D eigenvalue weighted by molar-refractivity contribution is 0.0375. The fourth-order valence-corrected chi connectivity index (χ4v) is 5.41. The van der Waals surface area contributed by atoms with Crippen molar-refractivity contribution in [3.05, 3.63) is 99.8 Å². The molecule has 1 aliphatic carbocycles. The molecular weight excluding hydrogens is 515 g/mol. The van der Waals surface area contributed by atoms with Gasteiger partial charge in [-0.1, -0.05) is 54.1 Å². The Balaban J connectivity index is 1.27. The Labute approximate surface area is 221 Å². The quantitative estimate of drug-likeness (QED) is 0.405. The molecule has 1 atom stereocenters. The average Bonchev–Trinajstić information content (AvgIpc) is 3.66. The third kappa shape index (κ3) is 6.14. The summed E-state index contributed by atoms with van der Waals surface area (Å²) in [6.07, 6.45) is 2.71. The van der Waals surface area contributed by atoms with Gasteiger partial charge in [0.1, 0.15) is 11.6 Å². The molecule has 0 spiro atoms. The zero-order valence-corrected chi connectivity index (χ0v) is 21.9. The number of halogens is 2. The third-order valence-corrected chi connectivity index (χ3v) is 7.57. The molecule has 1 amide bonds. The summed E-state index contributed by atoms with van der Waals surface area (Å²) in [5.74, 6) is -0.904. The van der Waals surface area contributed by atoms with E-state index in [1.807, 2.05) is 35.1 Å². The molecule has 1 saturated carbocycles. The van der Waals surface area contributed by atoms with Crippen LogP contribution in [0.15, 0.2) is 66.7 Å². The molecule has 2 fully saturated rings. The number of amides is 1. The smallest absolute Gasteiger partial charge is 0.267 e. The summed E-state index contributed by atoms with van der Waals surface area (Å²) in [6.45, 7) is 2.06. The Hall–Kier alpha value is -2.94. The highest BCUT2D eigenvalue weighted by atomic mass is 35.5. The van der Waals surface area contributed by atoms with Gasteiger partial charge in [-0.2, -0.15) is 0 Å². The zero-order chi connectivity index (χ0) is 26.2. The molecule has 3 aromatic rings. The summed E-state index contributed by atoms with van der Waals surface area (Å²) in [5.41, 5.74) is 2.82. The van der Waals surface area contributed by atoms with Gasteiger partial charge in [0.25, 0.3) is 5.91 Å². The molecule has 5 rings (SSSR count). The first-order chi connectivity index (χ1) is 17.7. The number of ether oxygens (including phenoxy) is 1. The Bertz CT molecular complexity index is 1390. The van der Waals surface area contributed by atoms with E-state index in [-0.39, 0.29) is 23.4 Å². The normalized spacial score (nSPS) is 17.2. The molecule has 194 valence electrons. The topological polar surface area (TPSA) is 75.7 Å². The predicted molar refractivity (Wildman–Crippen MR) is 141 cm³/mol. The highest BCUT2D eigenvalue weighted by Crippen LogP contribution is 2.45. The Morgan fingerprint density at radius 2 is 1.73 bits per heavy atom. The van der Waals surface area contributed by atoms with Crippen LogP contribution in [0.25, 0.3) is 0 Å². The molecule has 37 heavy (non-hydrogen) atoms. The largest absolute Gasteiger partial charge is 0.493 e. The minimum absolute atomic E-state index is 0.0989. The van der Waals surface area contributed by atoms with Crippen LogP contribution in [0, 0.1) is 11.7 Å². The van der Waals surface area contributed by atoms with Crippen molar-refractivity contribution in [2.75, 3.05) is 26.0 Å². The van der Waals surface area contributed by atoms with Crippen LogP contribution in [0.3, 0.4) is 0 Å². The number of nitrogens with one attached hydrogen (secondary N) is 1. The first-order valence-electron chi connectivity index (χ1n) is 12.2. The Morgan fingerprint density at radius 3 is 2.35 bits per heavy atom. The second-order valence-corrected chi connectivity index (χ2v) is 12.0. The number of carbonyl (C=O) groups is 1. The van der Waals surface area contributed by atoms with E-state index in [0.717, 1.165) is 43.3 Å². The summed E-state index contributed by atoms with van der Waals surface area (Å²) in [6, 6.07) is 21.0. The zero-order valence-electron chi connectivity index (χ0n) is 20.4. The number of hydrogen-bond donors (Lipinski definition) is 1. The van der Waals surface area contributed by atoms with Crippen molar-refractivity contribution >= 4 is 27.5 Å². The highest BCUT2D eigenvalue weighted by molar-refractivity contribution is 7.89. The fourth-order valence-electron chi connectivity index (χ4n) is 4.84. The standard InChI is InChI=1S/C28H28ClFN2O4S/c1-37(34,35)31-28(33)24-13-23(19-7-8-19)26(14-25(24)30)36-17-18-15-32(16-18)27(20-5-3-2-4-6-20)21-9-11-22(29)12-10-21/h2-6,9-14,18-19,27H,7-8,15-17H2,1H3,(H,31,33). The summed E-state index contributed by atoms with van der Waals surface area (Å²) < 4.78 is 45.5. The number of sulfonamides is 1. The van der Waals surface area contributed by atoms with E-state index in [4.69, 9.17) is 16.3 Å². The van der Waals surface area contributed by atoms with Crippen LogP contribution in [0.2, 0.25) is 5.02 Å². The molecule has 2 aliphatic rings. The number of likely N-dealkylation sites (tertiary alicyclic amines) is 1. The van der Waals surface area contributed by atoms with Gasteiger partial charge in [-0.05, 0) is 53.6 Å². The van der Waals surface area contributed by atoms with Crippen LogP contribution in [0.4, 0.5) is 4.39 Å². The van der Waals surface area contributed by atoms with Crippen molar-refractivity contribution in [3.8, 4) is 5.75 Å². The van der Waals surface area contributed by atoms with Gasteiger partial charge in [0.2, 0.25) is 10.0 Å².